The van der Waals surface area contributed by atoms with Gasteiger partial charge in [-0.05, 0) is 67.0 Å². The first-order valence-electron chi connectivity index (χ1n) is 14.0. The van der Waals surface area contributed by atoms with Crippen LogP contribution in [0.5, 0.6) is 0 Å². The number of Topliss-reactive ketones (excluding diaryl/α,β-unsaturated/α-hetero) is 1. The summed E-state index contributed by atoms with van der Waals surface area (Å²) in [5.41, 5.74) is 5.77. The SMILES string of the molecule is CCCCCCCCc1ccc(-c2ccc(C(=O)OC(C)C(=O)c3ccc(CCCC)cc3)cc2)cc1. The minimum atomic E-state index is -0.840. The molecule has 0 heterocycles. The van der Waals surface area contributed by atoms with E-state index in [1.165, 1.54) is 49.7 Å². The Balaban J connectivity index is 1.50. The van der Waals surface area contributed by atoms with Gasteiger partial charge in [0.1, 0.15) is 0 Å². The zero-order chi connectivity index (χ0) is 26.5. The first-order valence-corrected chi connectivity index (χ1v) is 14.0. The number of benzene rings is 3. The largest absolute Gasteiger partial charge is 0.451 e. The molecule has 196 valence electrons. The molecule has 0 aliphatic heterocycles. The van der Waals surface area contributed by atoms with E-state index in [0.29, 0.717) is 11.1 Å². The van der Waals surface area contributed by atoms with E-state index < -0.39 is 12.1 Å². The van der Waals surface area contributed by atoms with Gasteiger partial charge in [-0.1, -0.05) is 113 Å². The van der Waals surface area contributed by atoms with Crippen molar-refractivity contribution in [2.75, 3.05) is 0 Å². The van der Waals surface area contributed by atoms with Crippen LogP contribution in [0.2, 0.25) is 0 Å². The molecule has 0 fully saturated rings. The summed E-state index contributed by atoms with van der Waals surface area (Å²) in [6, 6.07) is 23.7. The summed E-state index contributed by atoms with van der Waals surface area (Å²) in [6.07, 6.45) is 11.4. The molecule has 0 aliphatic rings. The van der Waals surface area contributed by atoms with Crippen LogP contribution in [0.3, 0.4) is 0 Å². The van der Waals surface area contributed by atoms with Crippen molar-refractivity contribution in [2.45, 2.75) is 91.1 Å². The maximum atomic E-state index is 12.8. The zero-order valence-electron chi connectivity index (χ0n) is 22.8. The van der Waals surface area contributed by atoms with E-state index in [2.05, 4.69) is 38.1 Å². The lowest BCUT2D eigenvalue weighted by Gasteiger charge is -2.13. The van der Waals surface area contributed by atoms with Crippen LogP contribution < -0.4 is 0 Å². The first-order chi connectivity index (χ1) is 18.0. The lowest BCUT2D eigenvalue weighted by molar-refractivity contribution is 0.0319. The van der Waals surface area contributed by atoms with Crippen molar-refractivity contribution in [3.05, 3.63) is 95.1 Å². The highest BCUT2D eigenvalue weighted by atomic mass is 16.5. The van der Waals surface area contributed by atoms with Gasteiger partial charge in [0.2, 0.25) is 5.78 Å². The molecule has 3 heteroatoms. The van der Waals surface area contributed by atoms with E-state index in [1.54, 1.807) is 19.1 Å². The quantitative estimate of drug-likeness (QED) is 0.119. The lowest BCUT2D eigenvalue weighted by atomic mass is 10.00. The Morgan fingerprint density at radius 3 is 1.65 bits per heavy atom. The highest BCUT2D eigenvalue weighted by Crippen LogP contribution is 2.22. The molecule has 1 atom stereocenters. The summed E-state index contributed by atoms with van der Waals surface area (Å²) in [7, 11) is 0. The van der Waals surface area contributed by atoms with Gasteiger partial charge < -0.3 is 4.74 Å². The molecule has 37 heavy (non-hydrogen) atoms. The molecule has 0 saturated carbocycles. The average molecular weight is 499 g/mol. The van der Waals surface area contributed by atoms with Gasteiger partial charge >= 0.3 is 5.97 Å². The Bertz CT molecular complexity index is 1100. The molecule has 0 aromatic heterocycles. The minimum Gasteiger partial charge on any atom is -0.451 e. The van der Waals surface area contributed by atoms with Crippen molar-refractivity contribution in [3.8, 4) is 11.1 Å². The summed E-state index contributed by atoms with van der Waals surface area (Å²) in [5, 5.41) is 0. The molecule has 0 bridgehead atoms. The van der Waals surface area contributed by atoms with E-state index in [1.807, 2.05) is 36.4 Å². The van der Waals surface area contributed by atoms with Gasteiger partial charge in [0.15, 0.2) is 6.10 Å². The van der Waals surface area contributed by atoms with Crippen molar-refractivity contribution < 1.29 is 14.3 Å². The number of unbranched alkanes of at least 4 members (excludes halogenated alkanes) is 6. The predicted molar refractivity (Wildman–Crippen MR) is 153 cm³/mol. The topological polar surface area (TPSA) is 43.4 Å². The van der Waals surface area contributed by atoms with Crippen LogP contribution in [0, 0.1) is 0 Å². The maximum Gasteiger partial charge on any atom is 0.338 e. The van der Waals surface area contributed by atoms with Crippen molar-refractivity contribution in [1.82, 2.24) is 0 Å². The lowest BCUT2D eigenvalue weighted by Crippen LogP contribution is -2.24. The Morgan fingerprint density at radius 2 is 1.05 bits per heavy atom. The molecule has 0 aliphatic carbocycles. The molecule has 0 radical (unpaired) electrons. The van der Waals surface area contributed by atoms with E-state index in [9.17, 15) is 9.59 Å². The van der Waals surface area contributed by atoms with Crippen LogP contribution in [0.25, 0.3) is 11.1 Å². The number of ether oxygens (including phenoxy) is 1. The van der Waals surface area contributed by atoms with Gasteiger partial charge in [-0.2, -0.15) is 0 Å². The van der Waals surface area contributed by atoms with Crippen LogP contribution in [-0.2, 0) is 17.6 Å². The third-order valence-electron chi connectivity index (χ3n) is 6.94. The second-order valence-corrected chi connectivity index (χ2v) is 10.0. The smallest absolute Gasteiger partial charge is 0.338 e. The molecule has 3 rings (SSSR count). The van der Waals surface area contributed by atoms with E-state index >= 15 is 0 Å². The molecule has 3 aromatic rings. The van der Waals surface area contributed by atoms with Crippen LogP contribution in [-0.4, -0.2) is 17.9 Å². The minimum absolute atomic E-state index is 0.187. The highest BCUT2D eigenvalue weighted by Gasteiger charge is 2.20. The second-order valence-electron chi connectivity index (χ2n) is 10.0. The van der Waals surface area contributed by atoms with Gasteiger partial charge in [0, 0.05) is 5.56 Å². The Morgan fingerprint density at radius 1 is 0.595 bits per heavy atom. The molecular weight excluding hydrogens is 456 g/mol. The van der Waals surface area contributed by atoms with Gasteiger partial charge in [0.05, 0.1) is 5.56 Å². The fourth-order valence-electron chi connectivity index (χ4n) is 4.51. The molecular formula is C34H42O3. The van der Waals surface area contributed by atoms with Crippen molar-refractivity contribution in [1.29, 1.82) is 0 Å². The van der Waals surface area contributed by atoms with Gasteiger partial charge in [-0.3, -0.25) is 4.79 Å². The van der Waals surface area contributed by atoms with Crippen molar-refractivity contribution >= 4 is 11.8 Å². The number of ketones is 1. The molecule has 1 unspecified atom stereocenters. The molecule has 3 nitrogen and oxygen atoms in total. The second kappa shape index (κ2) is 15.1. The van der Waals surface area contributed by atoms with Crippen LogP contribution in [0.1, 0.15) is 104 Å². The zero-order valence-corrected chi connectivity index (χ0v) is 22.8. The maximum absolute atomic E-state index is 12.8. The van der Waals surface area contributed by atoms with Crippen LogP contribution in [0.15, 0.2) is 72.8 Å². The molecule has 3 aromatic carbocycles. The average Bonchev–Trinajstić information content (AvgIpc) is 2.94. The fourth-order valence-corrected chi connectivity index (χ4v) is 4.51. The molecule has 0 saturated heterocycles. The Labute approximate surface area is 223 Å². The number of carbonyl (C=O) groups is 2. The summed E-state index contributed by atoms with van der Waals surface area (Å²) < 4.78 is 5.49. The number of rotatable bonds is 15. The van der Waals surface area contributed by atoms with Gasteiger partial charge in [-0.25, -0.2) is 4.79 Å². The monoisotopic (exact) mass is 498 g/mol. The molecule has 0 spiro atoms. The highest BCUT2D eigenvalue weighted by molar-refractivity contribution is 6.01. The summed E-state index contributed by atoms with van der Waals surface area (Å²) in [5.74, 6) is -0.672. The third kappa shape index (κ3) is 9.00. The summed E-state index contributed by atoms with van der Waals surface area (Å²) >= 11 is 0. The van der Waals surface area contributed by atoms with Gasteiger partial charge in [-0.15, -0.1) is 0 Å². The Hall–Kier alpha value is -3.20. The third-order valence-corrected chi connectivity index (χ3v) is 6.94. The predicted octanol–water partition coefficient (Wildman–Crippen LogP) is 9.03. The van der Waals surface area contributed by atoms with Crippen molar-refractivity contribution in [3.63, 3.8) is 0 Å². The van der Waals surface area contributed by atoms with Gasteiger partial charge in [0.25, 0.3) is 0 Å². The van der Waals surface area contributed by atoms with E-state index in [-0.39, 0.29) is 5.78 Å². The van der Waals surface area contributed by atoms with Crippen LogP contribution >= 0.6 is 0 Å². The summed E-state index contributed by atoms with van der Waals surface area (Å²) in [4.78, 5) is 25.4. The van der Waals surface area contributed by atoms with E-state index in [4.69, 9.17) is 4.74 Å². The first kappa shape index (κ1) is 28.4. The molecule has 0 amide bonds. The number of hydrogen-bond donors (Lipinski definition) is 0. The number of hydrogen-bond acceptors (Lipinski definition) is 3. The van der Waals surface area contributed by atoms with E-state index in [0.717, 1.165) is 36.8 Å². The summed E-state index contributed by atoms with van der Waals surface area (Å²) in [6.45, 7) is 6.04. The standard InChI is InChI=1S/C34H42O3/c1-4-6-8-9-10-11-13-28-14-18-29(19-15-28)30-22-24-32(25-23-30)34(36)37-26(3)33(35)31-20-16-27(17-21-31)12-7-5-2/h14-26H,4-13H2,1-3H3. The van der Waals surface area contributed by atoms with Crippen molar-refractivity contribution in [2.24, 2.45) is 0 Å². The molecule has 0 N–H and O–H groups in total. The fraction of sp³-hybridized carbons (Fsp3) is 0.412. The normalized spacial score (nSPS) is 11.8. The number of aryl methyl sites for hydroxylation is 2. The number of esters is 1. The van der Waals surface area contributed by atoms with Crippen LogP contribution in [0.4, 0.5) is 0 Å². The number of carbonyl (C=O) groups excluding carboxylic acids is 2. The Kier molecular flexibility index (Phi) is 11.6.